The third kappa shape index (κ3) is 3.77. The maximum Gasteiger partial charge on any atom is 0.180 e. The Hall–Kier alpha value is -0.980. The van der Waals surface area contributed by atoms with Gasteiger partial charge in [0.25, 0.3) is 0 Å². The summed E-state index contributed by atoms with van der Waals surface area (Å²) in [7, 11) is 1.59. The zero-order valence-electron chi connectivity index (χ0n) is 11.0. The molecule has 0 saturated heterocycles. The van der Waals surface area contributed by atoms with E-state index >= 15 is 0 Å². The Balaban J connectivity index is 2.18. The largest absolute Gasteiger partial charge is 0.493 e. The lowest BCUT2D eigenvalue weighted by Gasteiger charge is -2.14. The van der Waals surface area contributed by atoms with Gasteiger partial charge in [-0.2, -0.15) is 0 Å². The summed E-state index contributed by atoms with van der Waals surface area (Å²) in [6.45, 7) is 0.850. The van der Waals surface area contributed by atoms with Crippen molar-refractivity contribution in [1.29, 1.82) is 0 Å². The molecule has 2 aromatic carbocycles. The van der Waals surface area contributed by atoms with Crippen LogP contribution < -0.4 is 15.2 Å². The van der Waals surface area contributed by atoms with Crippen molar-refractivity contribution in [2.24, 2.45) is 5.73 Å². The number of halogens is 2. The maximum absolute atomic E-state index is 6.22. The van der Waals surface area contributed by atoms with Crippen molar-refractivity contribution in [1.82, 2.24) is 0 Å². The molecule has 0 bridgehead atoms. The van der Waals surface area contributed by atoms with Gasteiger partial charge in [0.2, 0.25) is 0 Å². The monoisotopic (exact) mass is 403 g/mol. The predicted molar refractivity (Wildman–Crippen MR) is 89.4 cm³/mol. The van der Waals surface area contributed by atoms with Gasteiger partial charge in [0.05, 0.1) is 12.1 Å². The number of nitrogens with two attached hydrogens (primary N) is 1. The summed E-state index contributed by atoms with van der Waals surface area (Å²) in [5.41, 5.74) is 7.60. The second-order valence-corrected chi connectivity index (χ2v) is 5.88. The van der Waals surface area contributed by atoms with Gasteiger partial charge >= 0.3 is 0 Å². The van der Waals surface area contributed by atoms with E-state index in [9.17, 15) is 0 Å². The Labute approximate surface area is 137 Å². The first-order chi connectivity index (χ1) is 9.63. The van der Waals surface area contributed by atoms with Gasteiger partial charge in [0, 0.05) is 10.1 Å². The minimum absolute atomic E-state index is 0.410. The van der Waals surface area contributed by atoms with Crippen molar-refractivity contribution in [3.8, 4) is 11.5 Å². The Bertz CT molecular complexity index is 587. The third-order valence-corrected chi connectivity index (χ3v) is 3.82. The number of hydrogen-bond donors (Lipinski definition) is 1. The van der Waals surface area contributed by atoms with Gasteiger partial charge in [0.1, 0.15) is 6.61 Å². The van der Waals surface area contributed by atoms with Crippen molar-refractivity contribution in [3.63, 3.8) is 0 Å². The number of hydrogen-bond acceptors (Lipinski definition) is 3. The van der Waals surface area contributed by atoms with Crippen LogP contribution in [-0.4, -0.2) is 7.11 Å². The summed E-state index contributed by atoms with van der Waals surface area (Å²) in [5.74, 6) is 1.15. The summed E-state index contributed by atoms with van der Waals surface area (Å²) >= 11 is 8.49. The minimum atomic E-state index is 0.410. The smallest absolute Gasteiger partial charge is 0.180 e. The number of rotatable bonds is 5. The molecule has 2 N–H and O–H groups in total. The molecule has 0 fully saturated rings. The molecular formula is C15H15ClINO2. The molecule has 0 heterocycles. The van der Waals surface area contributed by atoms with Crippen LogP contribution in [0.15, 0.2) is 36.4 Å². The highest BCUT2D eigenvalue weighted by Crippen LogP contribution is 2.36. The standard InChI is InChI=1S/C15H15ClINO2/c1-19-14-7-11(8-18)6-13(16)15(14)20-9-10-2-4-12(17)5-3-10/h2-7H,8-9,18H2,1H3. The first-order valence-electron chi connectivity index (χ1n) is 6.07. The van der Waals surface area contributed by atoms with Gasteiger partial charge in [-0.05, 0) is 58.0 Å². The molecule has 3 nitrogen and oxygen atoms in total. The molecule has 0 aliphatic carbocycles. The van der Waals surface area contributed by atoms with E-state index in [1.54, 1.807) is 13.2 Å². The third-order valence-electron chi connectivity index (χ3n) is 2.82. The van der Waals surface area contributed by atoms with Crippen LogP contribution in [0, 0.1) is 3.57 Å². The quantitative estimate of drug-likeness (QED) is 0.768. The molecule has 0 atom stereocenters. The van der Waals surface area contributed by atoms with Crippen LogP contribution in [0.4, 0.5) is 0 Å². The molecule has 2 aromatic rings. The van der Waals surface area contributed by atoms with Crippen LogP contribution in [-0.2, 0) is 13.2 Å². The van der Waals surface area contributed by atoms with Crippen LogP contribution in [0.2, 0.25) is 5.02 Å². The highest BCUT2D eigenvalue weighted by molar-refractivity contribution is 14.1. The summed E-state index contributed by atoms with van der Waals surface area (Å²) < 4.78 is 12.3. The van der Waals surface area contributed by atoms with Gasteiger partial charge in [-0.15, -0.1) is 0 Å². The molecular weight excluding hydrogens is 389 g/mol. The van der Waals surface area contributed by atoms with E-state index in [0.29, 0.717) is 29.7 Å². The molecule has 5 heteroatoms. The van der Waals surface area contributed by atoms with E-state index in [1.807, 2.05) is 30.3 Å². The molecule has 0 aliphatic heterocycles. The Morgan fingerprint density at radius 1 is 1.15 bits per heavy atom. The molecule has 0 unspecified atom stereocenters. The normalized spacial score (nSPS) is 10.4. The van der Waals surface area contributed by atoms with Crippen molar-refractivity contribution < 1.29 is 9.47 Å². The second kappa shape index (κ2) is 7.15. The molecule has 20 heavy (non-hydrogen) atoms. The summed E-state index contributed by atoms with van der Waals surface area (Å²) in [5, 5.41) is 0.510. The van der Waals surface area contributed by atoms with E-state index in [2.05, 4.69) is 22.6 Å². The van der Waals surface area contributed by atoms with Crippen molar-refractivity contribution in [2.45, 2.75) is 13.2 Å². The van der Waals surface area contributed by atoms with Crippen LogP contribution in [0.3, 0.4) is 0 Å². The van der Waals surface area contributed by atoms with Crippen molar-refractivity contribution in [2.75, 3.05) is 7.11 Å². The summed E-state index contributed by atoms with van der Waals surface area (Å²) in [6.07, 6.45) is 0. The lowest BCUT2D eigenvalue weighted by molar-refractivity contribution is 0.284. The van der Waals surface area contributed by atoms with Gasteiger partial charge in [-0.25, -0.2) is 0 Å². The van der Waals surface area contributed by atoms with E-state index in [4.69, 9.17) is 26.8 Å². The zero-order valence-corrected chi connectivity index (χ0v) is 13.9. The second-order valence-electron chi connectivity index (χ2n) is 4.23. The van der Waals surface area contributed by atoms with Crippen molar-refractivity contribution >= 4 is 34.2 Å². The average molecular weight is 404 g/mol. The van der Waals surface area contributed by atoms with E-state index in [0.717, 1.165) is 11.1 Å². The van der Waals surface area contributed by atoms with E-state index in [-0.39, 0.29) is 0 Å². The molecule has 2 rings (SSSR count). The first-order valence-corrected chi connectivity index (χ1v) is 7.53. The van der Waals surface area contributed by atoms with Gasteiger partial charge in [-0.3, -0.25) is 0 Å². The molecule has 0 radical (unpaired) electrons. The lowest BCUT2D eigenvalue weighted by Crippen LogP contribution is -2.01. The Morgan fingerprint density at radius 3 is 2.45 bits per heavy atom. The topological polar surface area (TPSA) is 44.5 Å². The van der Waals surface area contributed by atoms with Crippen LogP contribution >= 0.6 is 34.2 Å². The minimum Gasteiger partial charge on any atom is -0.493 e. The van der Waals surface area contributed by atoms with Crippen LogP contribution in [0.25, 0.3) is 0 Å². The lowest BCUT2D eigenvalue weighted by atomic mass is 10.2. The van der Waals surface area contributed by atoms with Crippen LogP contribution in [0.5, 0.6) is 11.5 Å². The number of benzene rings is 2. The average Bonchev–Trinajstić information content (AvgIpc) is 2.47. The molecule has 0 spiro atoms. The van der Waals surface area contributed by atoms with Crippen LogP contribution in [0.1, 0.15) is 11.1 Å². The number of methoxy groups -OCH3 is 1. The van der Waals surface area contributed by atoms with Gasteiger partial charge in [-0.1, -0.05) is 23.7 Å². The van der Waals surface area contributed by atoms with Crippen molar-refractivity contribution in [3.05, 3.63) is 56.1 Å². The molecule has 0 aromatic heterocycles. The van der Waals surface area contributed by atoms with E-state index in [1.165, 1.54) is 3.57 Å². The maximum atomic E-state index is 6.22. The molecule has 0 aliphatic rings. The highest BCUT2D eigenvalue weighted by Gasteiger charge is 2.11. The highest BCUT2D eigenvalue weighted by atomic mass is 127. The molecule has 0 saturated carbocycles. The predicted octanol–water partition coefficient (Wildman–Crippen LogP) is 3.99. The molecule has 0 amide bonds. The summed E-state index contributed by atoms with van der Waals surface area (Å²) in [4.78, 5) is 0. The summed E-state index contributed by atoms with van der Waals surface area (Å²) in [6, 6.07) is 11.8. The SMILES string of the molecule is COc1cc(CN)cc(Cl)c1OCc1ccc(I)cc1. The zero-order chi connectivity index (χ0) is 14.5. The fourth-order valence-electron chi connectivity index (χ4n) is 1.77. The fourth-order valence-corrected chi connectivity index (χ4v) is 2.41. The first kappa shape index (κ1) is 15.4. The van der Waals surface area contributed by atoms with E-state index < -0.39 is 0 Å². The fraction of sp³-hybridized carbons (Fsp3) is 0.200. The molecule has 106 valence electrons. The van der Waals surface area contributed by atoms with Gasteiger partial charge < -0.3 is 15.2 Å². The Morgan fingerprint density at radius 2 is 1.85 bits per heavy atom. The number of ether oxygens (including phenoxy) is 2. The van der Waals surface area contributed by atoms with Gasteiger partial charge in [0.15, 0.2) is 11.5 Å². The Kier molecular flexibility index (Phi) is 5.51.